The molecule has 0 spiro atoms. The number of hydrazine groups is 2. The molecule has 4 N–H and O–H groups in total. The van der Waals surface area contributed by atoms with E-state index in [0.717, 1.165) is 30.9 Å². The van der Waals surface area contributed by atoms with Crippen molar-refractivity contribution in [1.82, 2.24) is 30.8 Å². The fraction of sp³-hybridized carbons (Fsp3) is 0.222. The van der Waals surface area contributed by atoms with E-state index < -0.39 is 5.82 Å². The van der Waals surface area contributed by atoms with Crippen LogP contribution in [0.3, 0.4) is 0 Å². The first-order valence-corrected chi connectivity index (χ1v) is 14.1. The Hall–Kier alpha value is -3.66. The van der Waals surface area contributed by atoms with E-state index in [1.807, 2.05) is 22.7 Å². The minimum atomic E-state index is -0.532. The van der Waals surface area contributed by atoms with Gasteiger partial charge in [0.25, 0.3) is 0 Å². The van der Waals surface area contributed by atoms with E-state index in [1.165, 1.54) is 29.7 Å². The Morgan fingerprint density at radius 3 is 2.73 bits per heavy atom. The summed E-state index contributed by atoms with van der Waals surface area (Å²) in [5.74, 6) is -0.532. The zero-order chi connectivity index (χ0) is 28.2. The number of benzene rings is 2. The number of nitrogens with one attached hydrogen (secondary N) is 4. The summed E-state index contributed by atoms with van der Waals surface area (Å²) < 4.78 is 13.8. The molecule has 1 aliphatic heterocycles. The molecule has 5 rings (SSSR count). The van der Waals surface area contributed by atoms with Crippen molar-refractivity contribution < 1.29 is 4.39 Å². The van der Waals surface area contributed by atoms with Crippen LogP contribution in [0.1, 0.15) is 23.7 Å². The Morgan fingerprint density at radius 1 is 1.18 bits per heavy atom. The molecule has 0 aliphatic carbocycles. The Morgan fingerprint density at radius 2 is 2.00 bits per heavy atom. The van der Waals surface area contributed by atoms with Crippen LogP contribution in [0.25, 0.3) is 10.9 Å². The highest BCUT2D eigenvalue weighted by Crippen LogP contribution is 2.37. The van der Waals surface area contributed by atoms with Gasteiger partial charge in [0, 0.05) is 41.1 Å². The van der Waals surface area contributed by atoms with Crippen LogP contribution in [-0.4, -0.2) is 47.1 Å². The largest absolute Gasteiger partial charge is 0.371 e. The highest BCUT2D eigenvalue weighted by Gasteiger charge is 2.24. The maximum Gasteiger partial charge on any atom is 0.141 e. The lowest BCUT2D eigenvalue weighted by molar-refractivity contribution is 0.252. The molecule has 0 saturated heterocycles. The molecule has 206 valence electrons. The normalized spacial score (nSPS) is 13.7. The lowest BCUT2D eigenvalue weighted by Gasteiger charge is -2.20. The van der Waals surface area contributed by atoms with E-state index >= 15 is 0 Å². The van der Waals surface area contributed by atoms with Gasteiger partial charge in [-0.05, 0) is 57.4 Å². The van der Waals surface area contributed by atoms with E-state index in [2.05, 4.69) is 56.6 Å². The first kappa shape index (κ1) is 27.9. The van der Waals surface area contributed by atoms with Crippen LogP contribution in [-0.2, 0) is 0 Å². The quantitative estimate of drug-likeness (QED) is 0.174. The Kier molecular flexibility index (Phi) is 8.54. The van der Waals surface area contributed by atoms with Crippen LogP contribution < -0.4 is 21.6 Å². The van der Waals surface area contributed by atoms with Crippen molar-refractivity contribution in [3.05, 3.63) is 86.4 Å². The highest BCUT2D eigenvalue weighted by atomic mass is 35.5. The van der Waals surface area contributed by atoms with Gasteiger partial charge in [-0.3, -0.25) is 9.99 Å². The van der Waals surface area contributed by atoms with E-state index in [-0.39, 0.29) is 11.1 Å². The molecule has 2 aromatic heterocycles. The van der Waals surface area contributed by atoms with Crippen LogP contribution in [0.2, 0.25) is 10.0 Å². The molecular weight excluding hydrogens is 572 g/mol. The van der Waals surface area contributed by atoms with Gasteiger partial charge in [0.2, 0.25) is 0 Å². The van der Waals surface area contributed by atoms with E-state index in [1.54, 1.807) is 17.6 Å². The van der Waals surface area contributed by atoms with E-state index in [0.29, 0.717) is 38.6 Å². The molecule has 4 aromatic rings. The number of halogens is 3. The van der Waals surface area contributed by atoms with Crippen molar-refractivity contribution in [3.8, 4) is 6.07 Å². The van der Waals surface area contributed by atoms with E-state index in [4.69, 9.17) is 23.2 Å². The molecule has 0 amide bonds. The zero-order valence-electron chi connectivity index (χ0n) is 21.7. The van der Waals surface area contributed by atoms with Crippen molar-refractivity contribution >= 4 is 62.5 Å². The molecule has 3 heterocycles. The summed E-state index contributed by atoms with van der Waals surface area (Å²) in [6.45, 7) is 1.80. The Balaban J connectivity index is 1.49. The summed E-state index contributed by atoms with van der Waals surface area (Å²) in [5, 5.41) is 21.5. The second-order valence-electron chi connectivity index (χ2n) is 9.43. The number of fused-ring (bicyclic) bond motifs is 1. The van der Waals surface area contributed by atoms with Crippen LogP contribution >= 0.6 is 34.5 Å². The van der Waals surface area contributed by atoms with Crippen LogP contribution in [0.15, 0.2) is 59.3 Å². The monoisotopic (exact) mass is 597 g/mol. The molecule has 40 heavy (non-hydrogen) atoms. The molecule has 9 nitrogen and oxygen atoms in total. The van der Waals surface area contributed by atoms with Crippen molar-refractivity contribution in [2.45, 2.75) is 12.5 Å². The summed E-state index contributed by atoms with van der Waals surface area (Å²) in [4.78, 5) is 11.1. The maximum atomic E-state index is 13.8. The molecule has 13 heteroatoms. The minimum Gasteiger partial charge on any atom is -0.371 e. The van der Waals surface area contributed by atoms with Crippen molar-refractivity contribution in [1.29, 1.82) is 5.26 Å². The first-order chi connectivity index (χ1) is 19.3. The highest BCUT2D eigenvalue weighted by molar-refractivity contribution is 7.07. The second kappa shape index (κ2) is 12.2. The fourth-order valence-corrected chi connectivity index (χ4v) is 5.34. The number of rotatable bonds is 10. The van der Waals surface area contributed by atoms with Gasteiger partial charge in [-0.25, -0.2) is 9.37 Å². The average Bonchev–Trinajstić information content (AvgIpc) is 3.62. The SMILES string of the molecule is CN(C)CCCN1C=C([C@@H](Nc2cc(Cl)c3ncc(C#N)c(Nc4ccc(F)c(Cl)c4)c3c2)c2cscn2)NN1. The molecule has 1 atom stereocenters. The minimum absolute atomic E-state index is 0.0323. The molecule has 2 aromatic carbocycles. The number of nitriles is 1. The third kappa shape index (κ3) is 6.22. The summed E-state index contributed by atoms with van der Waals surface area (Å²) in [6.07, 6.45) is 4.47. The number of pyridine rings is 1. The topological polar surface area (TPSA) is 104 Å². The summed E-state index contributed by atoms with van der Waals surface area (Å²) in [6, 6.07) is 9.79. The molecular formula is C27H26Cl2FN9S. The standard InChI is InChI=1S/C27H26Cl2FN9S/c1-38(2)6-3-7-39-13-23(36-37-39)27(24-14-40-15-33-24)35-18-8-19-25(34-17-4-5-22(30)20(28)9-17)16(11-31)12-32-26(19)21(29)10-18/h4-5,8-10,12-15,27,35-37H,3,6-7H2,1-2H3,(H,32,34)/t27-/m1/s1. The van der Waals surface area contributed by atoms with Gasteiger partial charge in [0.15, 0.2) is 0 Å². The number of hydrogen-bond donors (Lipinski definition) is 4. The average molecular weight is 599 g/mol. The molecule has 0 radical (unpaired) electrons. The molecule has 1 aliphatic rings. The lowest BCUT2D eigenvalue weighted by atomic mass is 10.1. The van der Waals surface area contributed by atoms with Gasteiger partial charge in [-0.15, -0.1) is 16.9 Å². The number of thiazole rings is 1. The van der Waals surface area contributed by atoms with Gasteiger partial charge < -0.3 is 21.0 Å². The van der Waals surface area contributed by atoms with Crippen LogP contribution in [0, 0.1) is 17.1 Å². The van der Waals surface area contributed by atoms with Gasteiger partial charge >= 0.3 is 0 Å². The smallest absolute Gasteiger partial charge is 0.141 e. The van der Waals surface area contributed by atoms with Crippen molar-refractivity contribution in [2.24, 2.45) is 0 Å². The predicted octanol–water partition coefficient (Wildman–Crippen LogP) is 6.02. The molecule has 0 unspecified atom stereocenters. The number of nitrogens with zero attached hydrogens (tertiary/aromatic N) is 5. The number of hydrogen-bond acceptors (Lipinski definition) is 10. The Bertz CT molecular complexity index is 1590. The Labute approximate surface area is 245 Å². The van der Waals surface area contributed by atoms with Gasteiger partial charge in [-0.1, -0.05) is 23.2 Å². The van der Waals surface area contributed by atoms with Gasteiger partial charge in [0.05, 0.1) is 43.7 Å². The van der Waals surface area contributed by atoms with Gasteiger partial charge in [0.1, 0.15) is 17.9 Å². The molecule has 0 saturated carbocycles. The third-order valence-electron chi connectivity index (χ3n) is 6.25. The second-order valence-corrected chi connectivity index (χ2v) is 11.0. The number of aromatic nitrogens is 2. The van der Waals surface area contributed by atoms with Crippen LogP contribution in [0.5, 0.6) is 0 Å². The first-order valence-electron chi connectivity index (χ1n) is 12.4. The summed E-state index contributed by atoms with van der Waals surface area (Å²) >= 11 is 14.2. The van der Waals surface area contributed by atoms with Crippen LogP contribution in [0.4, 0.5) is 21.5 Å². The zero-order valence-corrected chi connectivity index (χ0v) is 24.0. The molecule has 0 fully saturated rings. The van der Waals surface area contributed by atoms with Crippen molar-refractivity contribution in [2.75, 3.05) is 37.8 Å². The third-order valence-corrected chi connectivity index (χ3v) is 7.43. The van der Waals surface area contributed by atoms with Gasteiger partial charge in [-0.2, -0.15) is 5.26 Å². The maximum absolute atomic E-state index is 13.8. The number of anilines is 3. The van der Waals surface area contributed by atoms with Crippen molar-refractivity contribution in [3.63, 3.8) is 0 Å². The summed E-state index contributed by atoms with van der Waals surface area (Å²) in [7, 11) is 4.11. The molecule has 0 bridgehead atoms. The lowest BCUT2D eigenvalue weighted by Crippen LogP contribution is -2.38. The van der Waals surface area contributed by atoms with E-state index in [9.17, 15) is 9.65 Å². The fourth-order valence-electron chi connectivity index (χ4n) is 4.32. The summed E-state index contributed by atoms with van der Waals surface area (Å²) in [5.41, 5.74) is 12.5. The predicted molar refractivity (Wildman–Crippen MR) is 159 cm³/mol.